The first kappa shape index (κ1) is 17.6. The number of carboxylic acid groups (broad SMARTS) is 1. The summed E-state index contributed by atoms with van der Waals surface area (Å²) in [4.78, 5) is 11.4. The lowest BCUT2D eigenvalue weighted by Crippen LogP contribution is -2.17. The highest BCUT2D eigenvalue weighted by Crippen LogP contribution is 2.17. The zero-order valence-electron chi connectivity index (χ0n) is 13.4. The first-order chi connectivity index (χ1) is 11.3. The third kappa shape index (κ3) is 6.91. The molecule has 0 aliphatic heterocycles. The van der Waals surface area contributed by atoms with Crippen LogP contribution in [0.25, 0.3) is 0 Å². The van der Waals surface area contributed by atoms with Gasteiger partial charge in [0.15, 0.2) is 0 Å². The second-order valence-electron chi connectivity index (χ2n) is 5.72. The summed E-state index contributed by atoms with van der Waals surface area (Å²) in [5.74, 6) is 0.786. The molecule has 1 N–H and O–H groups in total. The SMILES string of the molecule is O=C(O)C(CCCc1ccccc1)CSCCc1ccccc1. The van der Waals surface area contributed by atoms with Gasteiger partial charge in [0.25, 0.3) is 0 Å². The Kier molecular flexibility index (Phi) is 7.74. The predicted molar refractivity (Wildman–Crippen MR) is 98.0 cm³/mol. The van der Waals surface area contributed by atoms with Gasteiger partial charge in [-0.1, -0.05) is 60.7 Å². The van der Waals surface area contributed by atoms with E-state index in [9.17, 15) is 9.90 Å². The molecule has 0 bridgehead atoms. The van der Waals surface area contributed by atoms with Gasteiger partial charge in [-0.25, -0.2) is 0 Å². The van der Waals surface area contributed by atoms with Crippen LogP contribution in [0.5, 0.6) is 0 Å². The number of thioether (sulfide) groups is 1. The Bertz CT molecular complexity index is 569. The van der Waals surface area contributed by atoms with Crippen LogP contribution in [0.4, 0.5) is 0 Å². The van der Waals surface area contributed by atoms with Crippen LogP contribution in [0.2, 0.25) is 0 Å². The summed E-state index contributed by atoms with van der Waals surface area (Å²) < 4.78 is 0. The van der Waals surface area contributed by atoms with Crippen molar-refractivity contribution in [1.82, 2.24) is 0 Å². The molecule has 0 radical (unpaired) electrons. The first-order valence-electron chi connectivity index (χ1n) is 8.14. The highest BCUT2D eigenvalue weighted by molar-refractivity contribution is 7.99. The van der Waals surface area contributed by atoms with E-state index in [1.54, 1.807) is 11.8 Å². The van der Waals surface area contributed by atoms with Crippen molar-refractivity contribution >= 4 is 17.7 Å². The molecule has 0 amide bonds. The number of carbonyl (C=O) groups is 1. The van der Waals surface area contributed by atoms with Crippen LogP contribution in [-0.2, 0) is 17.6 Å². The monoisotopic (exact) mass is 328 g/mol. The molecule has 3 heteroatoms. The van der Waals surface area contributed by atoms with Crippen molar-refractivity contribution in [2.45, 2.75) is 25.7 Å². The number of aliphatic carboxylic acids is 1. The summed E-state index contributed by atoms with van der Waals surface area (Å²) >= 11 is 1.75. The Balaban J connectivity index is 1.66. The smallest absolute Gasteiger partial charge is 0.307 e. The Morgan fingerprint density at radius 1 is 0.913 bits per heavy atom. The Morgan fingerprint density at radius 2 is 1.48 bits per heavy atom. The summed E-state index contributed by atoms with van der Waals surface area (Å²) in [5.41, 5.74) is 2.60. The molecule has 2 aromatic rings. The summed E-state index contributed by atoms with van der Waals surface area (Å²) in [6, 6.07) is 20.6. The third-order valence-electron chi connectivity index (χ3n) is 3.91. The maximum atomic E-state index is 11.4. The summed E-state index contributed by atoms with van der Waals surface area (Å²) in [6.07, 6.45) is 3.64. The minimum absolute atomic E-state index is 0.237. The Hall–Kier alpha value is -1.74. The molecule has 122 valence electrons. The fourth-order valence-corrected chi connectivity index (χ4v) is 3.68. The van der Waals surface area contributed by atoms with Crippen LogP contribution in [0.15, 0.2) is 60.7 Å². The standard InChI is InChI=1S/C20H24O2S/c21-20(22)19(13-7-12-17-8-3-1-4-9-17)16-23-15-14-18-10-5-2-6-11-18/h1-6,8-11,19H,7,12-16H2,(H,21,22). The molecule has 1 unspecified atom stereocenters. The van der Waals surface area contributed by atoms with E-state index in [-0.39, 0.29) is 5.92 Å². The van der Waals surface area contributed by atoms with Gasteiger partial charge >= 0.3 is 5.97 Å². The molecule has 1 atom stereocenters. The molecule has 0 saturated heterocycles. The highest BCUT2D eigenvalue weighted by atomic mass is 32.2. The summed E-state index contributed by atoms with van der Waals surface area (Å²) in [5, 5.41) is 9.37. The van der Waals surface area contributed by atoms with Crippen molar-refractivity contribution in [3.8, 4) is 0 Å². The third-order valence-corrected chi connectivity index (χ3v) is 5.04. The lowest BCUT2D eigenvalue weighted by Gasteiger charge is -2.12. The fourth-order valence-electron chi connectivity index (χ4n) is 2.54. The number of hydrogen-bond acceptors (Lipinski definition) is 2. The van der Waals surface area contributed by atoms with Crippen molar-refractivity contribution in [2.24, 2.45) is 5.92 Å². The molecule has 0 spiro atoms. The van der Waals surface area contributed by atoms with Crippen molar-refractivity contribution in [2.75, 3.05) is 11.5 Å². The minimum atomic E-state index is -0.662. The lowest BCUT2D eigenvalue weighted by atomic mass is 10.0. The minimum Gasteiger partial charge on any atom is -0.481 e. The van der Waals surface area contributed by atoms with Crippen molar-refractivity contribution < 1.29 is 9.90 Å². The average Bonchev–Trinajstić information content (AvgIpc) is 2.58. The van der Waals surface area contributed by atoms with Crippen LogP contribution < -0.4 is 0 Å². The molecule has 2 nitrogen and oxygen atoms in total. The van der Waals surface area contributed by atoms with Gasteiger partial charge in [-0.2, -0.15) is 11.8 Å². The van der Waals surface area contributed by atoms with E-state index in [0.29, 0.717) is 5.75 Å². The average molecular weight is 328 g/mol. The quantitative estimate of drug-likeness (QED) is 0.643. The van der Waals surface area contributed by atoms with Gasteiger partial charge in [-0.05, 0) is 42.6 Å². The predicted octanol–water partition coefficient (Wildman–Crippen LogP) is 4.69. The van der Waals surface area contributed by atoms with Gasteiger partial charge in [0, 0.05) is 5.75 Å². The van der Waals surface area contributed by atoms with E-state index in [1.165, 1.54) is 11.1 Å². The molecule has 23 heavy (non-hydrogen) atoms. The first-order valence-corrected chi connectivity index (χ1v) is 9.29. The van der Waals surface area contributed by atoms with Gasteiger partial charge in [-0.3, -0.25) is 4.79 Å². The molecule has 0 fully saturated rings. The van der Waals surface area contributed by atoms with E-state index < -0.39 is 5.97 Å². The molecular formula is C20H24O2S. The van der Waals surface area contributed by atoms with E-state index in [0.717, 1.165) is 31.4 Å². The van der Waals surface area contributed by atoms with E-state index >= 15 is 0 Å². The molecule has 0 heterocycles. The van der Waals surface area contributed by atoms with E-state index in [2.05, 4.69) is 24.3 Å². The van der Waals surface area contributed by atoms with Gasteiger partial charge in [0.2, 0.25) is 0 Å². The van der Waals surface area contributed by atoms with E-state index in [1.807, 2.05) is 36.4 Å². The Morgan fingerprint density at radius 3 is 2.04 bits per heavy atom. The molecule has 0 aliphatic rings. The van der Waals surface area contributed by atoms with Crippen LogP contribution in [0.3, 0.4) is 0 Å². The molecule has 2 aromatic carbocycles. The number of aryl methyl sites for hydroxylation is 2. The number of rotatable bonds is 10. The highest BCUT2D eigenvalue weighted by Gasteiger charge is 2.16. The second-order valence-corrected chi connectivity index (χ2v) is 6.87. The number of hydrogen-bond donors (Lipinski definition) is 1. The zero-order chi connectivity index (χ0) is 16.3. The fraction of sp³-hybridized carbons (Fsp3) is 0.350. The summed E-state index contributed by atoms with van der Waals surface area (Å²) in [6.45, 7) is 0. The second kappa shape index (κ2) is 10.1. The van der Waals surface area contributed by atoms with Gasteiger partial charge in [-0.15, -0.1) is 0 Å². The number of benzene rings is 2. The normalized spacial score (nSPS) is 12.0. The van der Waals surface area contributed by atoms with Gasteiger partial charge in [0.1, 0.15) is 0 Å². The number of carboxylic acids is 1. The largest absolute Gasteiger partial charge is 0.481 e. The molecule has 0 saturated carbocycles. The lowest BCUT2D eigenvalue weighted by molar-refractivity contribution is -0.141. The van der Waals surface area contributed by atoms with Gasteiger partial charge in [0.05, 0.1) is 5.92 Å². The zero-order valence-corrected chi connectivity index (χ0v) is 14.2. The van der Waals surface area contributed by atoms with E-state index in [4.69, 9.17) is 0 Å². The molecule has 2 rings (SSSR count). The summed E-state index contributed by atoms with van der Waals surface area (Å²) in [7, 11) is 0. The Labute approximate surface area is 142 Å². The maximum Gasteiger partial charge on any atom is 0.307 e. The topological polar surface area (TPSA) is 37.3 Å². The van der Waals surface area contributed by atoms with Crippen LogP contribution in [0.1, 0.15) is 24.0 Å². The molecule has 0 aromatic heterocycles. The van der Waals surface area contributed by atoms with Crippen LogP contribution in [0, 0.1) is 5.92 Å². The van der Waals surface area contributed by atoms with Crippen LogP contribution in [-0.4, -0.2) is 22.6 Å². The molecule has 0 aliphatic carbocycles. The molecular weight excluding hydrogens is 304 g/mol. The van der Waals surface area contributed by atoms with Crippen molar-refractivity contribution in [3.05, 3.63) is 71.8 Å². The van der Waals surface area contributed by atoms with Crippen LogP contribution >= 0.6 is 11.8 Å². The van der Waals surface area contributed by atoms with Gasteiger partial charge < -0.3 is 5.11 Å². The van der Waals surface area contributed by atoms with Crippen molar-refractivity contribution in [1.29, 1.82) is 0 Å². The van der Waals surface area contributed by atoms with Crippen molar-refractivity contribution in [3.63, 3.8) is 0 Å². The maximum absolute atomic E-state index is 11.4.